The van der Waals surface area contributed by atoms with Crippen LogP contribution in [0.15, 0.2) is 36.4 Å². The van der Waals surface area contributed by atoms with Gasteiger partial charge >= 0.3 is 6.09 Å². The van der Waals surface area contributed by atoms with Crippen molar-refractivity contribution in [2.75, 3.05) is 6.54 Å². The van der Waals surface area contributed by atoms with Crippen molar-refractivity contribution in [2.24, 2.45) is 11.3 Å². The van der Waals surface area contributed by atoms with Gasteiger partial charge in [0.1, 0.15) is 11.7 Å². The Balaban J connectivity index is 2.20. The molecule has 3 atom stereocenters. The van der Waals surface area contributed by atoms with Crippen molar-refractivity contribution in [3.8, 4) is 0 Å². The number of fused-ring (bicyclic) bond motifs is 1. The zero-order chi connectivity index (χ0) is 25.5. The molecule has 2 N–H and O–H groups in total. The van der Waals surface area contributed by atoms with Crippen LogP contribution in [-0.2, 0) is 15.8 Å². The minimum Gasteiger partial charge on any atom is -0.444 e. The Morgan fingerprint density at radius 2 is 1.74 bits per heavy atom. The summed E-state index contributed by atoms with van der Waals surface area (Å²) < 4.78 is 12.5. The van der Waals surface area contributed by atoms with Gasteiger partial charge in [0.2, 0.25) is 0 Å². The Morgan fingerprint density at radius 3 is 2.26 bits per heavy atom. The molecule has 1 saturated heterocycles. The lowest BCUT2D eigenvalue weighted by Gasteiger charge is -2.44. The SMILES string of the molecule is C[SiH](C)O[C@]1(C(O)c2ccc(CO)c3ccccc23)C[C@H](C(C)(C)C)CN1C(=O)OC(C)(C)C. The maximum absolute atomic E-state index is 13.5. The van der Waals surface area contributed by atoms with E-state index in [2.05, 4.69) is 33.9 Å². The van der Waals surface area contributed by atoms with Crippen molar-refractivity contribution in [1.82, 2.24) is 4.90 Å². The number of hydrogen-bond acceptors (Lipinski definition) is 5. The molecule has 2 aromatic carbocycles. The Labute approximate surface area is 205 Å². The van der Waals surface area contributed by atoms with E-state index < -0.39 is 32.6 Å². The Hall–Kier alpha value is -1.93. The lowest BCUT2D eigenvalue weighted by Crippen LogP contribution is -2.56. The molecule has 0 bridgehead atoms. The van der Waals surface area contributed by atoms with Crippen LogP contribution in [0, 0.1) is 11.3 Å². The number of aliphatic hydroxyl groups is 2. The molecule has 0 aliphatic carbocycles. The molecule has 34 heavy (non-hydrogen) atoms. The molecule has 1 heterocycles. The topological polar surface area (TPSA) is 79.2 Å². The number of rotatable bonds is 5. The second-order valence-electron chi connectivity index (χ2n) is 11.8. The maximum atomic E-state index is 13.5. The number of nitrogens with zero attached hydrogens (tertiary/aromatic N) is 1. The summed E-state index contributed by atoms with van der Waals surface area (Å²) in [5.41, 5.74) is -0.511. The number of amides is 1. The molecule has 1 aliphatic rings. The largest absolute Gasteiger partial charge is 0.444 e. The first-order valence-electron chi connectivity index (χ1n) is 12.2. The fourth-order valence-electron chi connectivity index (χ4n) is 4.88. The van der Waals surface area contributed by atoms with Crippen molar-refractivity contribution in [3.63, 3.8) is 0 Å². The van der Waals surface area contributed by atoms with Crippen molar-refractivity contribution in [3.05, 3.63) is 47.5 Å². The lowest BCUT2D eigenvalue weighted by molar-refractivity contribution is -0.140. The van der Waals surface area contributed by atoms with Gasteiger partial charge in [-0.3, -0.25) is 4.90 Å². The van der Waals surface area contributed by atoms with Gasteiger partial charge in [0.25, 0.3) is 0 Å². The van der Waals surface area contributed by atoms with Crippen molar-refractivity contribution in [2.45, 2.75) is 85.1 Å². The third-order valence-corrected chi connectivity index (χ3v) is 7.50. The highest BCUT2D eigenvalue weighted by atomic mass is 28.3. The van der Waals surface area contributed by atoms with Gasteiger partial charge < -0.3 is 19.4 Å². The van der Waals surface area contributed by atoms with Crippen molar-refractivity contribution < 1.29 is 24.2 Å². The average Bonchev–Trinajstić information content (AvgIpc) is 3.11. The molecule has 1 fully saturated rings. The smallest absolute Gasteiger partial charge is 0.412 e. The van der Waals surface area contributed by atoms with Gasteiger partial charge in [0, 0.05) is 13.0 Å². The Bertz CT molecular complexity index is 1030. The maximum Gasteiger partial charge on any atom is 0.412 e. The lowest BCUT2D eigenvalue weighted by atomic mass is 9.77. The van der Waals surface area contributed by atoms with Gasteiger partial charge in [0.05, 0.1) is 6.61 Å². The molecule has 1 amide bonds. The molecular formula is C27H41NO5Si. The van der Waals surface area contributed by atoms with Crippen molar-refractivity contribution >= 4 is 25.9 Å². The summed E-state index contributed by atoms with van der Waals surface area (Å²) in [4.78, 5) is 15.2. The first kappa shape index (κ1) is 26.7. The van der Waals surface area contributed by atoms with Crippen LogP contribution >= 0.6 is 0 Å². The van der Waals surface area contributed by atoms with Gasteiger partial charge in [-0.05, 0) is 67.1 Å². The number of aliphatic hydroxyl groups excluding tert-OH is 2. The number of carbonyl (C=O) groups excluding carboxylic acids is 1. The predicted octanol–water partition coefficient (Wildman–Crippen LogP) is 5.36. The predicted molar refractivity (Wildman–Crippen MR) is 138 cm³/mol. The fraction of sp³-hybridized carbons (Fsp3) is 0.593. The van der Waals surface area contributed by atoms with Crippen LogP contribution in [0.4, 0.5) is 4.79 Å². The molecule has 0 radical (unpaired) electrons. The quantitative estimate of drug-likeness (QED) is 0.555. The molecule has 188 valence electrons. The molecule has 0 aromatic heterocycles. The van der Waals surface area contributed by atoms with E-state index in [9.17, 15) is 15.0 Å². The summed E-state index contributed by atoms with van der Waals surface area (Å²) in [6.07, 6.45) is -1.04. The molecule has 0 spiro atoms. The Morgan fingerprint density at radius 1 is 1.12 bits per heavy atom. The molecule has 6 nitrogen and oxygen atoms in total. The molecular weight excluding hydrogens is 446 g/mol. The zero-order valence-corrected chi connectivity index (χ0v) is 23.0. The van der Waals surface area contributed by atoms with Crippen LogP contribution in [-0.4, -0.2) is 48.1 Å². The third-order valence-electron chi connectivity index (χ3n) is 6.62. The van der Waals surface area contributed by atoms with Gasteiger partial charge in [-0.1, -0.05) is 57.2 Å². The second kappa shape index (κ2) is 9.61. The summed E-state index contributed by atoms with van der Waals surface area (Å²) in [6.45, 7) is 16.5. The summed E-state index contributed by atoms with van der Waals surface area (Å²) in [7, 11) is -1.71. The zero-order valence-electron chi connectivity index (χ0n) is 21.9. The highest BCUT2D eigenvalue weighted by Gasteiger charge is 2.57. The van der Waals surface area contributed by atoms with E-state index in [1.165, 1.54) is 0 Å². The minimum absolute atomic E-state index is 0.0897. The van der Waals surface area contributed by atoms with E-state index in [4.69, 9.17) is 9.16 Å². The second-order valence-corrected chi connectivity index (χ2v) is 14.1. The standard InChI is InChI=1S/C27H41NO5Si/c1-25(2,3)19-15-27(33-34(7)8,28(16-19)24(31)32-26(4,5)6)23(30)22-14-13-18(17-29)20-11-9-10-12-21(20)22/h9-14,19,23,29-30,34H,15-17H2,1-8H3/t19-,23?,27-/m0/s1. The van der Waals surface area contributed by atoms with E-state index in [0.717, 1.165) is 16.3 Å². The first-order chi connectivity index (χ1) is 15.7. The summed E-state index contributed by atoms with van der Waals surface area (Å²) in [5, 5.41) is 23.6. The number of benzene rings is 2. The molecule has 2 aromatic rings. The van der Waals surface area contributed by atoms with Crippen LogP contribution in [0.5, 0.6) is 0 Å². The van der Waals surface area contributed by atoms with Crippen LogP contribution < -0.4 is 0 Å². The van der Waals surface area contributed by atoms with Crippen LogP contribution in [0.3, 0.4) is 0 Å². The number of carbonyl (C=O) groups is 1. The normalized spacial score (nSPS) is 22.4. The van der Waals surface area contributed by atoms with Gasteiger partial charge in [0.15, 0.2) is 14.8 Å². The van der Waals surface area contributed by atoms with E-state index >= 15 is 0 Å². The highest BCUT2D eigenvalue weighted by Crippen LogP contribution is 2.50. The van der Waals surface area contributed by atoms with Crippen LogP contribution in [0.1, 0.15) is 65.2 Å². The molecule has 3 rings (SSSR count). The molecule has 1 aliphatic heterocycles. The summed E-state index contributed by atoms with van der Waals surface area (Å²) in [5.74, 6) is 0.116. The number of likely N-dealkylation sites (tertiary alicyclic amines) is 1. The average molecular weight is 488 g/mol. The summed E-state index contributed by atoms with van der Waals surface area (Å²) >= 11 is 0. The molecule has 7 heteroatoms. The van der Waals surface area contributed by atoms with Gasteiger partial charge in [-0.15, -0.1) is 0 Å². The van der Waals surface area contributed by atoms with E-state index in [-0.39, 0.29) is 17.9 Å². The van der Waals surface area contributed by atoms with Crippen LogP contribution in [0.25, 0.3) is 10.8 Å². The van der Waals surface area contributed by atoms with Gasteiger partial charge in [-0.2, -0.15) is 0 Å². The monoisotopic (exact) mass is 487 g/mol. The van der Waals surface area contributed by atoms with Crippen LogP contribution in [0.2, 0.25) is 13.1 Å². The summed E-state index contributed by atoms with van der Waals surface area (Å²) in [6, 6.07) is 11.4. The van der Waals surface area contributed by atoms with Crippen molar-refractivity contribution in [1.29, 1.82) is 0 Å². The number of hydrogen-bond donors (Lipinski definition) is 2. The molecule has 1 unspecified atom stereocenters. The number of ether oxygens (including phenoxy) is 1. The fourth-order valence-corrected chi connectivity index (χ4v) is 6.05. The third kappa shape index (κ3) is 5.33. The van der Waals surface area contributed by atoms with E-state index in [0.29, 0.717) is 18.5 Å². The van der Waals surface area contributed by atoms with Gasteiger partial charge in [-0.25, -0.2) is 4.79 Å². The minimum atomic E-state index is -1.71. The van der Waals surface area contributed by atoms with E-state index in [1.807, 2.05) is 57.2 Å². The highest BCUT2D eigenvalue weighted by molar-refractivity contribution is 6.48. The van der Waals surface area contributed by atoms with E-state index in [1.54, 1.807) is 4.90 Å². The first-order valence-corrected chi connectivity index (χ1v) is 15.0. The Kier molecular flexibility index (Phi) is 7.54. The molecule has 0 saturated carbocycles.